The molecule has 3 heteroatoms. The molecule has 0 radical (unpaired) electrons. The maximum Gasteiger partial charge on any atom is 0.219 e. The smallest absolute Gasteiger partial charge is 0.219 e. The first kappa shape index (κ1) is 10.3. The summed E-state index contributed by atoms with van der Waals surface area (Å²) >= 11 is 0. The SMILES string of the molecule is C=CCNC1CCN(C(C)=O)CC1. The molecule has 0 aromatic rings. The standard InChI is InChI=1S/C10H18N2O/c1-3-6-11-10-4-7-12(8-5-10)9(2)13/h3,10-11H,1,4-8H2,2H3. The average Bonchev–Trinajstić information content (AvgIpc) is 2.15. The van der Waals surface area contributed by atoms with E-state index in [0.717, 1.165) is 32.5 Å². The quantitative estimate of drug-likeness (QED) is 0.654. The van der Waals surface area contributed by atoms with Crippen LogP contribution in [0.2, 0.25) is 0 Å². The average molecular weight is 182 g/mol. The van der Waals surface area contributed by atoms with Crippen LogP contribution >= 0.6 is 0 Å². The van der Waals surface area contributed by atoms with Gasteiger partial charge < -0.3 is 10.2 Å². The molecule has 0 bridgehead atoms. The van der Waals surface area contributed by atoms with Crippen LogP contribution < -0.4 is 5.32 Å². The minimum Gasteiger partial charge on any atom is -0.343 e. The van der Waals surface area contributed by atoms with E-state index in [2.05, 4.69) is 11.9 Å². The number of piperidine rings is 1. The number of nitrogens with zero attached hydrogens (tertiary/aromatic N) is 1. The molecule has 0 atom stereocenters. The van der Waals surface area contributed by atoms with Crippen molar-refractivity contribution in [2.45, 2.75) is 25.8 Å². The van der Waals surface area contributed by atoms with Crippen molar-refractivity contribution in [2.24, 2.45) is 0 Å². The lowest BCUT2D eigenvalue weighted by atomic mass is 10.1. The highest BCUT2D eigenvalue weighted by Crippen LogP contribution is 2.09. The van der Waals surface area contributed by atoms with E-state index in [-0.39, 0.29) is 5.91 Å². The summed E-state index contributed by atoms with van der Waals surface area (Å²) in [6, 6.07) is 0.564. The van der Waals surface area contributed by atoms with Gasteiger partial charge in [0.1, 0.15) is 0 Å². The highest BCUT2D eigenvalue weighted by atomic mass is 16.2. The molecule has 1 rings (SSSR count). The Hall–Kier alpha value is -0.830. The molecule has 13 heavy (non-hydrogen) atoms. The fourth-order valence-corrected chi connectivity index (χ4v) is 1.65. The number of hydrogen-bond acceptors (Lipinski definition) is 2. The molecule has 0 saturated carbocycles. The van der Waals surface area contributed by atoms with Gasteiger partial charge in [-0.25, -0.2) is 0 Å². The van der Waals surface area contributed by atoms with E-state index in [1.165, 1.54) is 0 Å². The van der Waals surface area contributed by atoms with Crippen LogP contribution in [0.5, 0.6) is 0 Å². The number of nitrogens with one attached hydrogen (secondary N) is 1. The third-order valence-electron chi connectivity index (χ3n) is 2.49. The second-order valence-electron chi connectivity index (χ2n) is 3.48. The summed E-state index contributed by atoms with van der Waals surface area (Å²) in [7, 11) is 0. The normalized spacial score (nSPS) is 18.7. The van der Waals surface area contributed by atoms with Gasteiger partial charge in [-0.3, -0.25) is 4.79 Å². The molecule has 3 nitrogen and oxygen atoms in total. The fraction of sp³-hybridized carbons (Fsp3) is 0.700. The van der Waals surface area contributed by atoms with Gasteiger partial charge in [-0.05, 0) is 12.8 Å². The van der Waals surface area contributed by atoms with Gasteiger partial charge in [-0.2, -0.15) is 0 Å². The van der Waals surface area contributed by atoms with Crippen LogP contribution in [-0.2, 0) is 4.79 Å². The predicted octanol–water partition coefficient (Wildman–Crippen LogP) is 0.773. The largest absolute Gasteiger partial charge is 0.343 e. The Morgan fingerprint density at radius 3 is 2.69 bits per heavy atom. The Bertz CT molecular complexity index is 183. The van der Waals surface area contributed by atoms with Gasteiger partial charge in [-0.1, -0.05) is 6.08 Å². The minimum atomic E-state index is 0.196. The third kappa shape index (κ3) is 3.19. The maximum absolute atomic E-state index is 11.0. The van der Waals surface area contributed by atoms with Gasteiger partial charge in [0.05, 0.1) is 0 Å². The molecule has 0 aromatic carbocycles. The molecule has 1 amide bonds. The number of hydrogen-bond donors (Lipinski definition) is 1. The van der Waals surface area contributed by atoms with Crippen molar-refractivity contribution in [3.63, 3.8) is 0 Å². The first-order valence-corrected chi connectivity index (χ1v) is 4.84. The summed E-state index contributed by atoms with van der Waals surface area (Å²) < 4.78 is 0. The molecular formula is C10H18N2O. The summed E-state index contributed by atoms with van der Waals surface area (Å²) in [6.45, 7) is 7.95. The zero-order valence-electron chi connectivity index (χ0n) is 8.25. The summed E-state index contributed by atoms with van der Waals surface area (Å²) in [4.78, 5) is 12.9. The van der Waals surface area contributed by atoms with Gasteiger partial charge in [-0.15, -0.1) is 6.58 Å². The lowest BCUT2D eigenvalue weighted by molar-refractivity contribution is -0.129. The van der Waals surface area contributed by atoms with E-state index in [9.17, 15) is 4.79 Å². The molecule has 0 spiro atoms. The Morgan fingerprint density at radius 2 is 2.23 bits per heavy atom. The fourth-order valence-electron chi connectivity index (χ4n) is 1.65. The van der Waals surface area contributed by atoms with E-state index in [0.29, 0.717) is 6.04 Å². The Labute approximate surface area is 79.8 Å². The van der Waals surface area contributed by atoms with Gasteiger partial charge in [0.2, 0.25) is 5.91 Å². The van der Waals surface area contributed by atoms with Crippen LogP contribution in [0.4, 0.5) is 0 Å². The van der Waals surface area contributed by atoms with Crippen LogP contribution in [0.15, 0.2) is 12.7 Å². The number of rotatable bonds is 3. The number of carbonyl (C=O) groups is 1. The lowest BCUT2D eigenvalue weighted by Crippen LogP contribution is -2.44. The van der Waals surface area contributed by atoms with E-state index in [4.69, 9.17) is 0 Å². The zero-order valence-corrected chi connectivity index (χ0v) is 8.25. The highest BCUT2D eigenvalue weighted by molar-refractivity contribution is 5.73. The number of likely N-dealkylation sites (tertiary alicyclic amines) is 1. The molecule has 1 heterocycles. The Morgan fingerprint density at radius 1 is 1.62 bits per heavy atom. The van der Waals surface area contributed by atoms with Crippen molar-refractivity contribution >= 4 is 5.91 Å². The predicted molar refractivity (Wildman–Crippen MR) is 53.5 cm³/mol. The van der Waals surface area contributed by atoms with E-state index >= 15 is 0 Å². The van der Waals surface area contributed by atoms with Gasteiger partial charge in [0.25, 0.3) is 0 Å². The zero-order chi connectivity index (χ0) is 9.68. The lowest BCUT2D eigenvalue weighted by Gasteiger charge is -2.31. The Balaban J connectivity index is 2.22. The summed E-state index contributed by atoms with van der Waals surface area (Å²) in [5, 5.41) is 3.37. The summed E-state index contributed by atoms with van der Waals surface area (Å²) in [5.41, 5.74) is 0. The van der Waals surface area contributed by atoms with Crippen LogP contribution in [0.1, 0.15) is 19.8 Å². The third-order valence-corrected chi connectivity index (χ3v) is 2.49. The molecular weight excluding hydrogens is 164 g/mol. The van der Waals surface area contributed by atoms with Crippen molar-refractivity contribution in [2.75, 3.05) is 19.6 Å². The Kier molecular flexibility index (Phi) is 3.96. The molecule has 1 fully saturated rings. The molecule has 1 N–H and O–H groups in total. The first-order chi connectivity index (χ1) is 6.24. The van der Waals surface area contributed by atoms with Crippen molar-refractivity contribution < 1.29 is 4.79 Å². The topological polar surface area (TPSA) is 32.3 Å². The molecule has 1 saturated heterocycles. The van der Waals surface area contributed by atoms with Gasteiger partial charge in [0.15, 0.2) is 0 Å². The first-order valence-electron chi connectivity index (χ1n) is 4.84. The number of amides is 1. The summed E-state index contributed by atoms with van der Waals surface area (Å²) in [6.07, 6.45) is 4.00. The number of carbonyl (C=O) groups excluding carboxylic acids is 1. The van der Waals surface area contributed by atoms with Crippen molar-refractivity contribution in [1.29, 1.82) is 0 Å². The molecule has 0 aliphatic carbocycles. The van der Waals surface area contributed by atoms with E-state index in [1.807, 2.05) is 11.0 Å². The highest BCUT2D eigenvalue weighted by Gasteiger charge is 2.19. The van der Waals surface area contributed by atoms with E-state index < -0.39 is 0 Å². The maximum atomic E-state index is 11.0. The second-order valence-corrected chi connectivity index (χ2v) is 3.48. The second kappa shape index (κ2) is 5.02. The minimum absolute atomic E-state index is 0.196. The monoisotopic (exact) mass is 182 g/mol. The molecule has 1 aliphatic heterocycles. The van der Waals surface area contributed by atoms with Crippen LogP contribution in [-0.4, -0.2) is 36.5 Å². The van der Waals surface area contributed by atoms with Gasteiger partial charge in [0, 0.05) is 32.6 Å². The van der Waals surface area contributed by atoms with Gasteiger partial charge >= 0.3 is 0 Å². The van der Waals surface area contributed by atoms with Crippen LogP contribution in [0.25, 0.3) is 0 Å². The van der Waals surface area contributed by atoms with Crippen LogP contribution in [0.3, 0.4) is 0 Å². The molecule has 1 aliphatic rings. The van der Waals surface area contributed by atoms with E-state index in [1.54, 1.807) is 6.92 Å². The van der Waals surface area contributed by atoms with Crippen molar-refractivity contribution in [3.8, 4) is 0 Å². The molecule has 0 aromatic heterocycles. The van der Waals surface area contributed by atoms with Crippen LogP contribution in [0, 0.1) is 0 Å². The van der Waals surface area contributed by atoms with Crippen molar-refractivity contribution in [1.82, 2.24) is 10.2 Å². The van der Waals surface area contributed by atoms with Crippen molar-refractivity contribution in [3.05, 3.63) is 12.7 Å². The molecule has 74 valence electrons. The summed E-state index contributed by atoms with van der Waals surface area (Å²) in [5.74, 6) is 0.196. The molecule has 0 unspecified atom stereocenters.